The molecule has 2 aromatic rings. The minimum atomic E-state index is -3.86. The molecule has 2 N–H and O–H groups in total. The fraction of sp³-hybridized carbons (Fsp3) is 0.462. The predicted molar refractivity (Wildman–Crippen MR) is 135 cm³/mol. The van der Waals surface area contributed by atoms with Gasteiger partial charge in [-0.15, -0.1) is 0 Å². The van der Waals surface area contributed by atoms with Crippen molar-refractivity contribution in [1.29, 1.82) is 0 Å². The molecule has 1 fully saturated rings. The third-order valence-electron chi connectivity index (χ3n) is 6.69. The lowest BCUT2D eigenvalue weighted by Gasteiger charge is -2.32. The van der Waals surface area contributed by atoms with Crippen LogP contribution in [0.5, 0.6) is 5.75 Å². The van der Waals surface area contributed by atoms with Crippen molar-refractivity contribution in [2.45, 2.75) is 63.9 Å². The molecule has 2 aromatic carbocycles. The third-order valence-corrected chi connectivity index (χ3v) is 8.69. The predicted octanol–water partition coefficient (Wildman–Crippen LogP) is 4.27. The molecule has 188 valence electrons. The van der Waals surface area contributed by atoms with Gasteiger partial charge in [-0.1, -0.05) is 32.9 Å². The van der Waals surface area contributed by atoms with Crippen molar-refractivity contribution in [1.82, 2.24) is 4.31 Å². The Morgan fingerprint density at radius 2 is 1.94 bits per heavy atom. The molecule has 2 heterocycles. The van der Waals surface area contributed by atoms with Crippen LogP contribution in [0.4, 0.5) is 11.4 Å². The second kappa shape index (κ2) is 9.99. The van der Waals surface area contributed by atoms with Gasteiger partial charge in [0, 0.05) is 24.8 Å². The highest BCUT2D eigenvalue weighted by Gasteiger charge is 2.36. The standard InChI is InChI=1S/C26H33N3O5S/c1-5-22-26(31)28-21-13-17(4)24(14-23(21)34-22)35(32,33)29-12-6-7-19(15-29)25(30)27-20-10-8-18(9-11-20)16(2)3/h8-11,13-14,16,19,22H,5-7,12,15H2,1-4H3,(H,27,30)(H,28,31)/t19-,22-/m0/s1. The third kappa shape index (κ3) is 5.21. The fourth-order valence-electron chi connectivity index (χ4n) is 4.54. The Hall–Kier alpha value is -2.91. The number of carbonyl (C=O) groups excluding carboxylic acids is 2. The molecule has 2 aliphatic heterocycles. The van der Waals surface area contributed by atoms with Gasteiger partial charge in [-0.3, -0.25) is 9.59 Å². The zero-order valence-electron chi connectivity index (χ0n) is 20.6. The summed E-state index contributed by atoms with van der Waals surface area (Å²) in [6.45, 7) is 8.21. The van der Waals surface area contributed by atoms with E-state index >= 15 is 0 Å². The van der Waals surface area contributed by atoms with Crippen LogP contribution in [0.15, 0.2) is 41.3 Å². The molecule has 2 atom stereocenters. The van der Waals surface area contributed by atoms with Gasteiger partial charge in [0.25, 0.3) is 5.91 Å². The first kappa shape index (κ1) is 25.2. The lowest BCUT2D eigenvalue weighted by molar-refractivity contribution is -0.123. The topological polar surface area (TPSA) is 105 Å². The van der Waals surface area contributed by atoms with Crippen molar-refractivity contribution in [3.05, 3.63) is 47.5 Å². The molecule has 0 unspecified atom stereocenters. The number of rotatable bonds is 6. The van der Waals surface area contributed by atoms with Crippen molar-refractivity contribution >= 4 is 33.2 Å². The average Bonchev–Trinajstić information content (AvgIpc) is 2.83. The van der Waals surface area contributed by atoms with Crippen LogP contribution in [0, 0.1) is 12.8 Å². The van der Waals surface area contributed by atoms with Gasteiger partial charge in [-0.25, -0.2) is 8.42 Å². The lowest BCUT2D eigenvalue weighted by atomic mass is 9.98. The molecule has 9 heteroatoms. The van der Waals surface area contributed by atoms with E-state index in [9.17, 15) is 18.0 Å². The molecule has 8 nitrogen and oxygen atoms in total. The average molecular weight is 500 g/mol. The monoisotopic (exact) mass is 499 g/mol. The van der Waals surface area contributed by atoms with E-state index in [4.69, 9.17) is 4.74 Å². The second-order valence-electron chi connectivity index (χ2n) is 9.59. The molecule has 2 aliphatic rings. The number of amides is 2. The molecule has 2 amide bonds. The fourth-order valence-corrected chi connectivity index (χ4v) is 6.29. The number of hydrogen-bond acceptors (Lipinski definition) is 5. The summed E-state index contributed by atoms with van der Waals surface area (Å²) in [7, 11) is -3.86. The van der Waals surface area contributed by atoms with Crippen LogP contribution in [-0.2, 0) is 19.6 Å². The van der Waals surface area contributed by atoms with Crippen LogP contribution < -0.4 is 15.4 Å². The van der Waals surface area contributed by atoms with E-state index in [1.54, 1.807) is 13.0 Å². The van der Waals surface area contributed by atoms with Crippen LogP contribution >= 0.6 is 0 Å². The second-order valence-corrected chi connectivity index (χ2v) is 11.5. The number of sulfonamides is 1. The van der Waals surface area contributed by atoms with Gasteiger partial charge in [0.1, 0.15) is 5.75 Å². The van der Waals surface area contributed by atoms with Crippen molar-refractivity contribution in [2.24, 2.45) is 5.92 Å². The maximum atomic E-state index is 13.6. The lowest BCUT2D eigenvalue weighted by Crippen LogP contribution is -2.44. The summed E-state index contributed by atoms with van der Waals surface area (Å²) >= 11 is 0. The molecule has 0 aliphatic carbocycles. The highest BCUT2D eigenvalue weighted by Crippen LogP contribution is 2.36. The maximum absolute atomic E-state index is 13.6. The Labute approximate surface area is 207 Å². The van der Waals surface area contributed by atoms with Crippen LogP contribution in [0.3, 0.4) is 0 Å². The van der Waals surface area contributed by atoms with Crippen molar-refractivity contribution in [2.75, 3.05) is 23.7 Å². The number of fused-ring (bicyclic) bond motifs is 1. The molecule has 0 bridgehead atoms. The van der Waals surface area contributed by atoms with Gasteiger partial charge in [-0.2, -0.15) is 4.31 Å². The number of ether oxygens (including phenoxy) is 1. The summed E-state index contributed by atoms with van der Waals surface area (Å²) in [6, 6.07) is 10.9. The summed E-state index contributed by atoms with van der Waals surface area (Å²) in [5.41, 5.74) is 2.87. The first-order valence-electron chi connectivity index (χ1n) is 12.1. The molecule has 4 rings (SSSR count). The van der Waals surface area contributed by atoms with E-state index in [0.717, 1.165) is 0 Å². The van der Waals surface area contributed by atoms with E-state index in [0.29, 0.717) is 54.4 Å². The molecule has 0 spiro atoms. The number of nitrogens with one attached hydrogen (secondary N) is 2. The Bertz CT molecular complexity index is 1220. The van der Waals surface area contributed by atoms with E-state index in [2.05, 4.69) is 24.5 Å². The molecule has 1 saturated heterocycles. The molecule has 35 heavy (non-hydrogen) atoms. The summed E-state index contributed by atoms with van der Waals surface area (Å²) in [4.78, 5) is 25.2. The Morgan fingerprint density at radius 1 is 1.23 bits per heavy atom. The van der Waals surface area contributed by atoms with Gasteiger partial charge < -0.3 is 15.4 Å². The smallest absolute Gasteiger partial charge is 0.265 e. The summed E-state index contributed by atoms with van der Waals surface area (Å²) in [6.07, 6.45) is 1.04. The Balaban J connectivity index is 1.51. The van der Waals surface area contributed by atoms with Crippen LogP contribution in [0.2, 0.25) is 0 Å². The van der Waals surface area contributed by atoms with E-state index in [-0.39, 0.29) is 23.3 Å². The largest absolute Gasteiger partial charge is 0.478 e. The zero-order valence-corrected chi connectivity index (χ0v) is 21.4. The molecule has 0 radical (unpaired) electrons. The van der Waals surface area contributed by atoms with Crippen LogP contribution in [0.25, 0.3) is 0 Å². The Kier molecular flexibility index (Phi) is 7.19. The summed E-state index contributed by atoms with van der Waals surface area (Å²) in [5.74, 6) is -0.114. The first-order chi connectivity index (χ1) is 16.6. The van der Waals surface area contributed by atoms with E-state index in [1.807, 2.05) is 31.2 Å². The number of anilines is 2. The minimum Gasteiger partial charge on any atom is -0.478 e. The molecule has 0 saturated carbocycles. The van der Waals surface area contributed by atoms with Gasteiger partial charge in [0.2, 0.25) is 15.9 Å². The SMILES string of the molecule is CC[C@@H]1Oc2cc(S(=O)(=O)N3CCC[C@H](C(=O)Nc4ccc(C(C)C)cc4)C3)c(C)cc2NC1=O. The molecule has 0 aromatic heterocycles. The van der Waals surface area contributed by atoms with Gasteiger partial charge in [0.05, 0.1) is 16.5 Å². The van der Waals surface area contributed by atoms with E-state index in [1.165, 1.54) is 15.9 Å². The van der Waals surface area contributed by atoms with Crippen molar-refractivity contribution in [3.63, 3.8) is 0 Å². The first-order valence-corrected chi connectivity index (χ1v) is 13.6. The number of piperidine rings is 1. The van der Waals surface area contributed by atoms with Gasteiger partial charge >= 0.3 is 0 Å². The number of hydrogen-bond donors (Lipinski definition) is 2. The normalized spacial score (nSPS) is 20.7. The van der Waals surface area contributed by atoms with Gasteiger partial charge in [-0.05, 0) is 61.4 Å². The molecular weight excluding hydrogens is 466 g/mol. The quantitative estimate of drug-likeness (QED) is 0.618. The minimum absolute atomic E-state index is 0.115. The number of carbonyl (C=O) groups is 2. The van der Waals surface area contributed by atoms with Crippen molar-refractivity contribution in [3.8, 4) is 5.75 Å². The highest BCUT2D eigenvalue weighted by molar-refractivity contribution is 7.89. The van der Waals surface area contributed by atoms with Crippen LogP contribution in [0.1, 0.15) is 57.1 Å². The summed E-state index contributed by atoms with van der Waals surface area (Å²) < 4.78 is 34.3. The van der Waals surface area contributed by atoms with E-state index < -0.39 is 22.0 Å². The zero-order chi connectivity index (χ0) is 25.3. The van der Waals surface area contributed by atoms with Crippen LogP contribution in [-0.4, -0.2) is 43.7 Å². The highest BCUT2D eigenvalue weighted by atomic mass is 32.2. The number of nitrogens with zero attached hydrogens (tertiary/aromatic N) is 1. The summed E-state index contributed by atoms with van der Waals surface area (Å²) in [5, 5.41) is 5.73. The van der Waals surface area contributed by atoms with Gasteiger partial charge in [0.15, 0.2) is 6.10 Å². The molecular formula is C26H33N3O5S. The maximum Gasteiger partial charge on any atom is 0.265 e. The Morgan fingerprint density at radius 3 is 2.60 bits per heavy atom. The van der Waals surface area contributed by atoms with Crippen molar-refractivity contribution < 1.29 is 22.7 Å². The number of aryl methyl sites for hydroxylation is 1. The number of benzene rings is 2.